The third kappa shape index (κ3) is 6.67. The number of hydrazone groups is 1. The van der Waals surface area contributed by atoms with Gasteiger partial charge in [0.1, 0.15) is 0 Å². The van der Waals surface area contributed by atoms with Crippen molar-refractivity contribution in [1.29, 1.82) is 0 Å². The number of nitrogens with zero attached hydrogens (tertiary/aromatic N) is 3. The molecule has 2 heterocycles. The van der Waals surface area contributed by atoms with Crippen molar-refractivity contribution < 1.29 is 8.42 Å². The van der Waals surface area contributed by atoms with Gasteiger partial charge in [-0.3, -0.25) is 10.3 Å². The maximum absolute atomic E-state index is 11.0. The summed E-state index contributed by atoms with van der Waals surface area (Å²) in [6, 6.07) is 17.2. The number of rotatable bonds is 3. The first kappa shape index (κ1) is 23.0. The van der Waals surface area contributed by atoms with E-state index in [0.717, 1.165) is 11.3 Å². The van der Waals surface area contributed by atoms with Crippen LogP contribution in [0.4, 0.5) is 5.69 Å². The van der Waals surface area contributed by atoms with Crippen molar-refractivity contribution in [3.05, 3.63) is 65.2 Å². The summed E-state index contributed by atoms with van der Waals surface area (Å²) in [4.78, 5) is 0. The van der Waals surface area contributed by atoms with E-state index in [-0.39, 0.29) is 11.9 Å². The summed E-state index contributed by atoms with van der Waals surface area (Å²) in [5.74, 6) is 0.241. The van der Waals surface area contributed by atoms with Crippen molar-refractivity contribution >= 4 is 39.3 Å². The van der Waals surface area contributed by atoms with E-state index in [1.807, 2.05) is 47.5 Å². The van der Waals surface area contributed by atoms with E-state index < -0.39 is 10.5 Å². The number of halogens is 1. The summed E-state index contributed by atoms with van der Waals surface area (Å²) in [5.41, 5.74) is 2.53. The lowest BCUT2D eigenvalue weighted by atomic mass is 10.0. The standard InChI is InChI=1S/C17H15ClN4O2S.C5H11N/c1-19-17(21-25(23)24)15-11-16(12-5-3-2-4-6-12)22(20-15)14-9-7-13(18)8-10-14;1-2-4-6-5-3-1/h2-10,16H,11H2,1H3;6H,1-5H2/p+1. The molecule has 1 atom stereocenters. The van der Waals surface area contributed by atoms with Gasteiger partial charge in [0.2, 0.25) is 0 Å². The fourth-order valence-electron chi connectivity index (χ4n) is 3.54. The van der Waals surface area contributed by atoms with Crippen LogP contribution in [0, 0.1) is 0 Å². The zero-order valence-corrected chi connectivity index (χ0v) is 19.0. The lowest BCUT2D eigenvalue weighted by molar-refractivity contribution is 0.520. The molecule has 2 N–H and O–H groups in total. The summed E-state index contributed by atoms with van der Waals surface area (Å²) in [6.07, 6.45) is 4.75. The van der Waals surface area contributed by atoms with Gasteiger partial charge in [0.05, 0.1) is 18.8 Å². The molecule has 31 heavy (non-hydrogen) atoms. The molecule has 164 valence electrons. The van der Waals surface area contributed by atoms with Crippen molar-refractivity contribution in [2.24, 2.45) is 5.10 Å². The molecule has 0 radical (unpaired) electrons. The molecule has 7 nitrogen and oxygen atoms in total. The van der Waals surface area contributed by atoms with Gasteiger partial charge in [-0.05, 0) is 55.8 Å². The molecule has 2 aliphatic heterocycles. The highest BCUT2D eigenvalue weighted by Crippen LogP contribution is 2.35. The zero-order chi connectivity index (χ0) is 22.1. The zero-order valence-electron chi connectivity index (χ0n) is 17.5. The molecule has 4 rings (SSSR count). The number of anilines is 1. The summed E-state index contributed by atoms with van der Waals surface area (Å²) in [7, 11) is -0.926. The van der Waals surface area contributed by atoms with Crippen molar-refractivity contribution in [2.45, 2.75) is 31.7 Å². The smallest absolute Gasteiger partial charge is 0.317 e. The third-order valence-electron chi connectivity index (χ3n) is 5.07. The minimum atomic E-state index is -2.55. The molecule has 1 unspecified atom stereocenters. The van der Waals surface area contributed by atoms with Crippen LogP contribution in [-0.2, 0) is 10.5 Å². The van der Waals surface area contributed by atoms with E-state index in [9.17, 15) is 8.42 Å². The van der Waals surface area contributed by atoms with Gasteiger partial charge in [-0.1, -0.05) is 52.4 Å². The highest BCUT2D eigenvalue weighted by molar-refractivity contribution is 7.61. The number of amidine groups is 1. The summed E-state index contributed by atoms with van der Waals surface area (Å²) in [5, 5.41) is 13.2. The third-order valence-corrected chi connectivity index (χ3v) is 5.65. The van der Waals surface area contributed by atoms with Gasteiger partial charge in [-0.15, -0.1) is 8.42 Å². The quantitative estimate of drug-likeness (QED) is 0.417. The maximum atomic E-state index is 11.0. The molecule has 1 fully saturated rings. The average Bonchev–Trinajstić information content (AvgIpc) is 3.25. The normalized spacial score (nSPS) is 17.7. The SMILES string of the molecule is C1CCNCC1.CNC(=[N+]=S(=O)=O)C1=NN(c2ccc(Cl)cc2)C(c2ccccc2)C1. The first-order chi connectivity index (χ1) is 15.1. The van der Waals surface area contributed by atoms with Gasteiger partial charge in [0.25, 0.3) is 0 Å². The van der Waals surface area contributed by atoms with Crippen LogP contribution in [0.2, 0.25) is 5.02 Å². The average molecular weight is 461 g/mol. The summed E-state index contributed by atoms with van der Waals surface area (Å²) < 4.78 is 25.5. The van der Waals surface area contributed by atoms with Crippen LogP contribution in [0.15, 0.2) is 59.7 Å². The number of hydrogen-bond donors (Lipinski definition) is 2. The van der Waals surface area contributed by atoms with Crippen molar-refractivity contribution in [1.82, 2.24) is 14.7 Å². The maximum Gasteiger partial charge on any atom is 0.480 e. The number of benzene rings is 2. The van der Waals surface area contributed by atoms with Crippen LogP contribution >= 0.6 is 11.6 Å². The van der Waals surface area contributed by atoms with Crippen LogP contribution < -0.4 is 19.7 Å². The van der Waals surface area contributed by atoms with Crippen LogP contribution in [-0.4, -0.2) is 40.1 Å². The van der Waals surface area contributed by atoms with E-state index in [1.54, 1.807) is 19.2 Å². The largest absolute Gasteiger partial charge is 0.480 e. The van der Waals surface area contributed by atoms with Gasteiger partial charge in [0, 0.05) is 11.4 Å². The molecule has 0 saturated carbocycles. The molecule has 9 heteroatoms. The monoisotopic (exact) mass is 460 g/mol. The Hall–Kier alpha value is -2.64. The summed E-state index contributed by atoms with van der Waals surface area (Å²) in [6.45, 7) is 2.50. The Morgan fingerprint density at radius 3 is 2.29 bits per heavy atom. The molecule has 0 aliphatic carbocycles. The topological polar surface area (TPSA) is 87.9 Å². The van der Waals surface area contributed by atoms with E-state index in [4.69, 9.17) is 11.6 Å². The molecular weight excluding hydrogens is 434 g/mol. The van der Waals surface area contributed by atoms with Crippen LogP contribution in [0.5, 0.6) is 0 Å². The Labute approximate surface area is 189 Å². The molecule has 2 aromatic rings. The predicted molar refractivity (Wildman–Crippen MR) is 127 cm³/mol. The lowest BCUT2D eigenvalue weighted by Crippen LogP contribution is -2.29. The summed E-state index contributed by atoms with van der Waals surface area (Å²) >= 11 is 5.98. The van der Waals surface area contributed by atoms with E-state index in [2.05, 4.69) is 19.8 Å². The Kier molecular flexibility index (Phi) is 8.67. The molecule has 1 saturated heterocycles. The lowest BCUT2D eigenvalue weighted by Gasteiger charge is -2.23. The van der Waals surface area contributed by atoms with E-state index in [0.29, 0.717) is 17.2 Å². The second-order valence-electron chi connectivity index (χ2n) is 7.22. The Morgan fingerprint density at radius 2 is 1.77 bits per heavy atom. The second-order valence-corrected chi connectivity index (χ2v) is 8.27. The minimum Gasteiger partial charge on any atom is -0.317 e. The Bertz CT molecular complexity index is 1040. The highest BCUT2D eigenvalue weighted by Gasteiger charge is 2.34. The van der Waals surface area contributed by atoms with Gasteiger partial charge in [-0.2, -0.15) is 5.10 Å². The van der Waals surface area contributed by atoms with Crippen LogP contribution in [0.1, 0.15) is 37.3 Å². The molecule has 0 amide bonds. The minimum absolute atomic E-state index is 0.0592. The van der Waals surface area contributed by atoms with E-state index in [1.165, 1.54) is 32.4 Å². The molecule has 0 bridgehead atoms. The fraction of sp³-hybridized carbons (Fsp3) is 0.364. The highest BCUT2D eigenvalue weighted by atomic mass is 35.5. The Balaban J connectivity index is 0.000000391. The Morgan fingerprint density at radius 1 is 1.10 bits per heavy atom. The van der Waals surface area contributed by atoms with Gasteiger partial charge >= 0.3 is 16.3 Å². The van der Waals surface area contributed by atoms with Crippen molar-refractivity contribution in [2.75, 3.05) is 25.1 Å². The van der Waals surface area contributed by atoms with Crippen LogP contribution in [0.25, 0.3) is 0 Å². The predicted octanol–water partition coefficient (Wildman–Crippen LogP) is 3.16. The van der Waals surface area contributed by atoms with Crippen LogP contribution in [0.3, 0.4) is 0 Å². The molecular formula is C22H27ClN5O2S+. The molecule has 2 aliphatic rings. The molecule has 0 spiro atoms. The molecule has 0 aromatic heterocycles. The molecule has 2 aromatic carbocycles. The van der Waals surface area contributed by atoms with E-state index >= 15 is 0 Å². The number of nitrogens with one attached hydrogen (secondary N) is 2. The first-order valence-electron chi connectivity index (χ1n) is 10.3. The fourth-order valence-corrected chi connectivity index (χ4v) is 4.01. The van der Waals surface area contributed by atoms with Crippen molar-refractivity contribution in [3.8, 4) is 0 Å². The van der Waals surface area contributed by atoms with Gasteiger partial charge < -0.3 is 5.32 Å². The van der Waals surface area contributed by atoms with Gasteiger partial charge in [-0.25, -0.2) is 0 Å². The number of hydrogen-bond acceptors (Lipinski definition) is 5. The van der Waals surface area contributed by atoms with Crippen molar-refractivity contribution in [3.63, 3.8) is 0 Å². The van der Waals surface area contributed by atoms with Gasteiger partial charge in [0.15, 0.2) is 5.71 Å². The first-order valence-corrected chi connectivity index (χ1v) is 11.7. The number of piperidine rings is 1. The second kappa shape index (κ2) is 11.7.